The zero-order valence-corrected chi connectivity index (χ0v) is 10.7. The highest BCUT2D eigenvalue weighted by Gasteiger charge is 2.05. The Morgan fingerprint density at radius 1 is 1.33 bits per heavy atom. The van der Waals surface area contributed by atoms with Crippen molar-refractivity contribution in [1.82, 2.24) is 20.1 Å². The van der Waals surface area contributed by atoms with Gasteiger partial charge < -0.3 is 10.4 Å². The van der Waals surface area contributed by atoms with Gasteiger partial charge in [0.25, 0.3) is 0 Å². The summed E-state index contributed by atoms with van der Waals surface area (Å²) in [5.74, 6) is 1.14. The maximum atomic E-state index is 9.23. The number of nitrogens with zero attached hydrogens (tertiary/aromatic N) is 3. The lowest BCUT2D eigenvalue weighted by molar-refractivity contribution is 0.474. The first-order valence-electron chi connectivity index (χ1n) is 6.02. The van der Waals surface area contributed by atoms with Gasteiger partial charge in [-0.25, -0.2) is 4.98 Å². The van der Waals surface area contributed by atoms with Gasteiger partial charge in [-0.3, -0.25) is 4.68 Å². The van der Waals surface area contributed by atoms with Crippen molar-refractivity contribution in [2.75, 3.05) is 6.54 Å². The summed E-state index contributed by atoms with van der Waals surface area (Å²) in [5, 5.41) is 16.9. The van der Waals surface area contributed by atoms with Crippen LogP contribution in [0.1, 0.15) is 24.4 Å². The molecule has 1 heterocycles. The Morgan fingerprint density at radius 3 is 2.67 bits per heavy atom. The average molecular weight is 246 g/mol. The Morgan fingerprint density at radius 2 is 2.06 bits per heavy atom. The third-order valence-electron chi connectivity index (χ3n) is 2.84. The van der Waals surface area contributed by atoms with E-state index in [1.54, 1.807) is 23.1 Å². The molecule has 0 fully saturated rings. The molecule has 1 atom stereocenters. The summed E-state index contributed by atoms with van der Waals surface area (Å²) in [4.78, 5) is 4.18. The highest BCUT2D eigenvalue weighted by molar-refractivity contribution is 5.27. The van der Waals surface area contributed by atoms with Crippen LogP contribution >= 0.6 is 0 Å². The third kappa shape index (κ3) is 3.30. The molecule has 0 aliphatic carbocycles. The molecule has 0 saturated heterocycles. The molecule has 0 amide bonds. The third-order valence-corrected chi connectivity index (χ3v) is 2.84. The SMILES string of the molecule is CC(NCCc1ncn(C)n1)c1ccc(O)cc1. The second-order valence-electron chi connectivity index (χ2n) is 4.35. The van der Waals surface area contributed by atoms with E-state index < -0.39 is 0 Å². The molecule has 0 bridgehead atoms. The van der Waals surface area contributed by atoms with Gasteiger partial charge >= 0.3 is 0 Å². The van der Waals surface area contributed by atoms with E-state index >= 15 is 0 Å². The number of hydrogen-bond donors (Lipinski definition) is 2. The van der Waals surface area contributed by atoms with Crippen molar-refractivity contribution in [2.45, 2.75) is 19.4 Å². The van der Waals surface area contributed by atoms with Crippen molar-refractivity contribution >= 4 is 0 Å². The number of aromatic hydroxyl groups is 1. The Bertz CT molecular complexity index is 492. The first-order valence-corrected chi connectivity index (χ1v) is 6.02. The highest BCUT2D eigenvalue weighted by Crippen LogP contribution is 2.16. The maximum absolute atomic E-state index is 9.23. The molecule has 5 heteroatoms. The van der Waals surface area contributed by atoms with E-state index in [1.165, 1.54) is 0 Å². The standard InChI is InChI=1S/C13H18N4O/c1-10(11-3-5-12(18)6-4-11)14-8-7-13-15-9-17(2)16-13/h3-6,9-10,14,18H,7-8H2,1-2H3. The van der Waals surface area contributed by atoms with E-state index in [1.807, 2.05) is 19.2 Å². The molecule has 96 valence electrons. The molecule has 1 aromatic heterocycles. The molecule has 0 aliphatic rings. The largest absolute Gasteiger partial charge is 0.508 e. The Hall–Kier alpha value is -1.88. The minimum absolute atomic E-state index is 0.245. The fourth-order valence-electron chi connectivity index (χ4n) is 1.78. The van der Waals surface area contributed by atoms with Crippen LogP contribution in [0.4, 0.5) is 0 Å². The van der Waals surface area contributed by atoms with Crippen molar-refractivity contribution in [1.29, 1.82) is 0 Å². The fourth-order valence-corrected chi connectivity index (χ4v) is 1.78. The van der Waals surface area contributed by atoms with Gasteiger partial charge in [0.1, 0.15) is 12.1 Å². The number of hydrogen-bond acceptors (Lipinski definition) is 4. The van der Waals surface area contributed by atoms with Crippen LogP contribution in [0.15, 0.2) is 30.6 Å². The fraction of sp³-hybridized carbons (Fsp3) is 0.385. The summed E-state index contributed by atoms with van der Waals surface area (Å²) in [7, 11) is 1.86. The van der Waals surface area contributed by atoms with Crippen molar-refractivity contribution in [2.24, 2.45) is 7.05 Å². The van der Waals surface area contributed by atoms with Gasteiger partial charge in [-0.15, -0.1) is 0 Å². The summed E-state index contributed by atoms with van der Waals surface area (Å²) >= 11 is 0. The van der Waals surface area contributed by atoms with Crippen LogP contribution in [0.5, 0.6) is 5.75 Å². The monoisotopic (exact) mass is 246 g/mol. The van der Waals surface area contributed by atoms with E-state index in [-0.39, 0.29) is 6.04 Å². The van der Waals surface area contributed by atoms with E-state index in [4.69, 9.17) is 0 Å². The molecule has 2 aromatic rings. The minimum Gasteiger partial charge on any atom is -0.508 e. The Kier molecular flexibility index (Phi) is 3.94. The lowest BCUT2D eigenvalue weighted by Gasteiger charge is -2.13. The molecular formula is C13H18N4O. The average Bonchev–Trinajstić information content (AvgIpc) is 2.76. The molecule has 1 aromatic carbocycles. The normalized spacial score (nSPS) is 12.6. The van der Waals surface area contributed by atoms with Crippen LogP contribution in [-0.4, -0.2) is 26.4 Å². The molecule has 0 spiro atoms. The first-order chi connectivity index (χ1) is 8.65. The number of benzene rings is 1. The maximum Gasteiger partial charge on any atom is 0.151 e. The number of rotatable bonds is 5. The highest BCUT2D eigenvalue weighted by atomic mass is 16.3. The summed E-state index contributed by atoms with van der Waals surface area (Å²) in [6.45, 7) is 2.92. The molecule has 2 rings (SSSR count). The summed E-state index contributed by atoms with van der Waals surface area (Å²) in [5.41, 5.74) is 1.15. The smallest absolute Gasteiger partial charge is 0.151 e. The number of aromatic nitrogens is 3. The lowest BCUT2D eigenvalue weighted by atomic mass is 10.1. The molecule has 2 N–H and O–H groups in total. The zero-order valence-electron chi connectivity index (χ0n) is 10.7. The second kappa shape index (κ2) is 5.64. The van der Waals surface area contributed by atoms with Crippen molar-refractivity contribution in [3.05, 3.63) is 42.0 Å². The van der Waals surface area contributed by atoms with E-state index in [0.717, 1.165) is 24.4 Å². The van der Waals surface area contributed by atoms with Gasteiger partial charge in [-0.2, -0.15) is 5.10 Å². The van der Waals surface area contributed by atoms with Gasteiger partial charge in [0.05, 0.1) is 0 Å². The Balaban J connectivity index is 1.81. The zero-order chi connectivity index (χ0) is 13.0. The summed E-state index contributed by atoms with van der Waals surface area (Å²) in [6, 6.07) is 7.49. The van der Waals surface area contributed by atoms with Crippen LogP contribution in [-0.2, 0) is 13.5 Å². The molecule has 0 aliphatic heterocycles. The van der Waals surface area contributed by atoms with Crippen molar-refractivity contribution in [3.63, 3.8) is 0 Å². The minimum atomic E-state index is 0.245. The van der Waals surface area contributed by atoms with E-state index in [2.05, 4.69) is 22.3 Å². The van der Waals surface area contributed by atoms with Gasteiger partial charge in [-0.05, 0) is 24.6 Å². The van der Waals surface area contributed by atoms with Crippen molar-refractivity contribution in [3.8, 4) is 5.75 Å². The predicted octanol–water partition coefficient (Wildman–Crippen LogP) is 1.41. The summed E-state index contributed by atoms with van der Waals surface area (Å²) in [6.07, 6.45) is 2.52. The van der Waals surface area contributed by atoms with Gasteiger partial charge in [0.15, 0.2) is 5.82 Å². The number of phenolic OH excluding ortho intramolecular Hbond substituents is 1. The molecule has 0 saturated carbocycles. The lowest BCUT2D eigenvalue weighted by Crippen LogP contribution is -2.21. The Labute approximate surface area is 106 Å². The van der Waals surface area contributed by atoms with E-state index in [9.17, 15) is 5.11 Å². The molecule has 1 unspecified atom stereocenters. The molecule has 18 heavy (non-hydrogen) atoms. The van der Waals surface area contributed by atoms with Crippen LogP contribution in [0.2, 0.25) is 0 Å². The topological polar surface area (TPSA) is 63.0 Å². The molecular weight excluding hydrogens is 228 g/mol. The molecule has 5 nitrogen and oxygen atoms in total. The van der Waals surface area contributed by atoms with Crippen LogP contribution in [0, 0.1) is 0 Å². The van der Waals surface area contributed by atoms with Gasteiger partial charge in [0, 0.05) is 26.1 Å². The van der Waals surface area contributed by atoms with Crippen LogP contribution in [0.3, 0.4) is 0 Å². The quantitative estimate of drug-likeness (QED) is 0.837. The predicted molar refractivity (Wildman–Crippen MR) is 69.2 cm³/mol. The summed E-state index contributed by atoms with van der Waals surface area (Å²) < 4.78 is 1.71. The van der Waals surface area contributed by atoms with Crippen LogP contribution < -0.4 is 5.32 Å². The van der Waals surface area contributed by atoms with Crippen molar-refractivity contribution < 1.29 is 5.11 Å². The van der Waals surface area contributed by atoms with Crippen LogP contribution in [0.25, 0.3) is 0 Å². The number of nitrogens with one attached hydrogen (secondary N) is 1. The second-order valence-corrected chi connectivity index (χ2v) is 4.35. The van der Waals surface area contributed by atoms with Gasteiger partial charge in [0.2, 0.25) is 0 Å². The number of phenols is 1. The van der Waals surface area contributed by atoms with Gasteiger partial charge in [-0.1, -0.05) is 12.1 Å². The molecule has 0 radical (unpaired) electrons. The van der Waals surface area contributed by atoms with E-state index in [0.29, 0.717) is 5.75 Å². The first kappa shape index (κ1) is 12.6. The number of aryl methyl sites for hydroxylation is 1.